The lowest BCUT2D eigenvalue weighted by Gasteiger charge is -2.38. The molecule has 1 aliphatic heterocycles. The molecule has 0 spiro atoms. The Morgan fingerprint density at radius 2 is 1.75 bits per heavy atom. The normalized spacial score (nSPS) is 16.4. The number of benzene rings is 2. The number of fused-ring (bicyclic) bond motifs is 1. The van der Waals surface area contributed by atoms with E-state index in [2.05, 4.69) is 56.5 Å². The Morgan fingerprint density at radius 3 is 2.36 bits per heavy atom. The molecule has 2 heterocycles. The minimum atomic E-state index is -0.147. The molecule has 1 aliphatic rings. The molecule has 0 saturated heterocycles. The van der Waals surface area contributed by atoms with Gasteiger partial charge in [0.1, 0.15) is 6.54 Å². The Balaban J connectivity index is 1.64. The molecule has 3 aromatic rings. The summed E-state index contributed by atoms with van der Waals surface area (Å²) in [6.45, 7) is 11.3. The van der Waals surface area contributed by atoms with Crippen molar-refractivity contribution in [3.8, 4) is 0 Å². The molecule has 0 saturated carbocycles. The third kappa shape index (κ3) is 5.52. The van der Waals surface area contributed by atoms with Gasteiger partial charge in [0.15, 0.2) is 0 Å². The van der Waals surface area contributed by atoms with Crippen molar-refractivity contribution < 1.29 is 9.59 Å². The topological polar surface area (TPSA) is 40.6 Å². The summed E-state index contributed by atoms with van der Waals surface area (Å²) in [6, 6.07) is 17.5. The van der Waals surface area contributed by atoms with Gasteiger partial charge in [-0.3, -0.25) is 9.59 Å². The fourth-order valence-corrected chi connectivity index (χ4v) is 5.78. The van der Waals surface area contributed by atoms with Crippen molar-refractivity contribution in [2.24, 2.45) is 0 Å². The maximum absolute atomic E-state index is 13.9. The number of amides is 2. The van der Waals surface area contributed by atoms with Crippen molar-refractivity contribution in [1.82, 2.24) is 9.80 Å². The zero-order chi connectivity index (χ0) is 26.0. The van der Waals surface area contributed by atoms with Crippen LogP contribution in [-0.4, -0.2) is 40.7 Å². The van der Waals surface area contributed by atoms with Crippen LogP contribution in [-0.2, 0) is 16.6 Å². The summed E-state index contributed by atoms with van der Waals surface area (Å²) in [7, 11) is 0. The van der Waals surface area contributed by atoms with E-state index in [0.717, 1.165) is 18.4 Å². The zero-order valence-electron chi connectivity index (χ0n) is 21.8. The highest BCUT2D eigenvalue weighted by molar-refractivity contribution is 7.10. The van der Waals surface area contributed by atoms with Crippen LogP contribution in [0, 0.1) is 0 Å². The molecule has 190 valence electrons. The molecule has 4 nitrogen and oxygen atoms in total. The van der Waals surface area contributed by atoms with E-state index >= 15 is 0 Å². The SMILES string of the molecule is CCC(C)N(CC(=O)N1CCc2sccc2C1c1ccc(C(C)(C)C)cc1)C(=O)c1ccc(Cl)cc1. The standard InChI is InChI=1S/C30H35ClN2O2S/c1-6-20(2)33(29(35)22-9-13-24(31)14-10-22)19-27(34)32-17-15-26-25(16-18-36-26)28(32)21-7-11-23(12-8-21)30(3,4)5/h7-14,16,18,20,28H,6,15,17,19H2,1-5H3. The molecule has 36 heavy (non-hydrogen) atoms. The van der Waals surface area contributed by atoms with Crippen molar-refractivity contribution in [2.75, 3.05) is 13.1 Å². The average Bonchev–Trinajstić information content (AvgIpc) is 3.34. The van der Waals surface area contributed by atoms with Gasteiger partial charge in [-0.1, -0.05) is 63.6 Å². The van der Waals surface area contributed by atoms with Crippen LogP contribution >= 0.6 is 22.9 Å². The van der Waals surface area contributed by atoms with Gasteiger partial charge in [0.05, 0.1) is 6.04 Å². The third-order valence-electron chi connectivity index (χ3n) is 7.16. The van der Waals surface area contributed by atoms with E-state index < -0.39 is 0 Å². The van der Waals surface area contributed by atoms with Crippen LogP contribution in [0.1, 0.15) is 79.0 Å². The first-order valence-electron chi connectivity index (χ1n) is 12.6. The fourth-order valence-electron chi connectivity index (χ4n) is 4.75. The molecule has 2 unspecified atom stereocenters. The maximum Gasteiger partial charge on any atom is 0.254 e. The maximum atomic E-state index is 13.9. The van der Waals surface area contributed by atoms with E-state index in [0.29, 0.717) is 17.1 Å². The van der Waals surface area contributed by atoms with Crippen LogP contribution < -0.4 is 0 Å². The number of thiophene rings is 1. The van der Waals surface area contributed by atoms with Crippen LogP contribution in [0.2, 0.25) is 5.02 Å². The largest absolute Gasteiger partial charge is 0.330 e. The quantitative estimate of drug-likeness (QED) is 0.346. The van der Waals surface area contributed by atoms with E-state index in [-0.39, 0.29) is 35.9 Å². The molecular formula is C30H35ClN2O2S. The molecule has 6 heteroatoms. The van der Waals surface area contributed by atoms with Crippen molar-refractivity contribution in [3.05, 3.63) is 92.1 Å². The van der Waals surface area contributed by atoms with Crippen molar-refractivity contribution in [2.45, 2.75) is 65.0 Å². The monoisotopic (exact) mass is 522 g/mol. The van der Waals surface area contributed by atoms with Crippen LogP contribution in [0.5, 0.6) is 0 Å². The van der Waals surface area contributed by atoms with E-state index in [1.165, 1.54) is 16.0 Å². The summed E-state index contributed by atoms with van der Waals surface area (Å²) >= 11 is 7.78. The van der Waals surface area contributed by atoms with Gasteiger partial charge in [-0.05, 0) is 77.6 Å². The minimum Gasteiger partial charge on any atom is -0.330 e. The summed E-state index contributed by atoms with van der Waals surface area (Å²) in [5, 5.41) is 2.70. The number of nitrogens with zero attached hydrogens (tertiary/aromatic N) is 2. The molecule has 0 N–H and O–H groups in total. The second-order valence-corrected chi connectivity index (χ2v) is 12.0. The van der Waals surface area contributed by atoms with Gasteiger partial charge < -0.3 is 9.80 Å². The summed E-state index contributed by atoms with van der Waals surface area (Å²) in [6.07, 6.45) is 1.60. The molecule has 4 rings (SSSR count). The lowest BCUT2D eigenvalue weighted by molar-refractivity contribution is -0.134. The molecule has 2 aromatic carbocycles. The van der Waals surface area contributed by atoms with Gasteiger partial charge >= 0.3 is 0 Å². The van der Waals surface area contributed by atoms with Gasteiger partial charge in [0.25, 0.3) is 5.91 Å². The second kappa shape index (κ2) is 10.8. The Hall–Kier alpha value is -2.63. The predicted octanol–water partition coefficient (Wildman–Crippen LogP) is 7.11. The lowest BCUT2D eigenvalue weighted by atomic mass is 9.85. The number of carbonyl (C=O) groups excluding carboxylic acids is 2. The van der Waals surface area contributed by atoms with Gasteiger partial charge in [0.2, 0.25) is 5.91 Å². The van der Waals surface area contributed by atoms with E-state index in [1.54, 1.807) is 40.5 Å². The van der Waals surface area contributed by atoms with Crippen molar-refractivity contribution >= 4 is 34.8 Å². The highest BCUT2D eigenvalue weighted by atomic mass is 35.5. The fraction of sp³-hybridized carbons (Fsp3) is 0.400. The van der Waals surface area contributed by atoms with E-state index in [1.807, 2.05) is 18.7 Å². The molecule has 2 atom stereocenters. The summed E-state index contributed by atoms with van der Waals surface area (Å²) < 4.78 is 0. The smallest absolute Gasteiger partial charge is 0.254 e. The first-order chi connectivity index (χ1) is 17.1. The van der Waals surface area contributed by atoms with E-state index in [9.17, 15) is 9.59 Å². The number of carbonyl (C=O) groups is 2. The number of halogens is 1. The Kier molecular flexibility index (Phi) is 7.91. The highest BCUT2D eigenvalue weighted by Gasteiger charge is 2.35. The average molecular weight is 523 g/mol. The van der Waals surface area contributed by atoms with Gasteiger partial charge in [0, 0.05) is 28.0 Å². The molecule has 0 bridgehead atoms. The summed E-state index contributed by atoms with van der Waals surface area (Å²) in [5.74, 6) is -0.173. The summed E-state index contributed by atoms with van der Waals surface area (Å²) in [4.78, 5) is 32.3. The van der Waals surface area contributed by atoms with Gasteiger partial charge in [-0.15, -0.1) is 11.3 Å². The Morgan fingerprint density at radius 1 is 1.08 bits per heavy atom. The predicted molar refractivity (Wildman–Crippen MR) is 149 cm³/mol. The van der Waals surface area contributed by atoms with Gasteiger partial charge in [-0.2, -0.15) is 0 Å². The van der Waals surface area contributed by atoms with Crippen molar-refractivity contribution in [3.63, 3.8) is 0 Å². The highest BCUT2D eigenvalue weighted by Crippen LogP contribution is 2.38. The number of hydrogen-bond donors (Lipinski definition) is 0. The van der Waals surface area contributed by atoms with Crippen LogP contribution in [0.4, 0.5) is 0 Å². The molecular weight excluding hydrogens is 488 g/mol. The molecule has 1 aromatic heterocycles. The summed E-state index contributed by atoms with van der Waals surface area (Å²) in [5.41, 5.74) is 4.17. The molecule has 2 amide bonds. The molecule has 0 fully saturated rings. The number of hydrogen-bond acceptors (Lipinski definition) is 3. The minimum absolute atomic E-state index is 0.0284. The Labute approximate surface area is 223 Å². The van der Waals surface area contributed by atoms with Crippen LogP contribution in [0.25, 0.3) is 0 Å². The van der Waals surface area contributed by atoms with Gasteiger partial charge in [-0.25, -0.2) is 0 Å². The first-order valence-corrected chi connectivity index (χ1v) is 13.9. The molecule has 0 radical (unpaired) electrons. The zero-order valence-corrected chi connectivity index (χ0v) is 23.3. The third-order valence-corrected chi connectivity index (χ3v) is 8.41. The Bertz CT molecular complexity index is 1210. The second-order valence-electron chi connectivity index (χ2n) is 10.6. The van der Waals surface area contributed by atoms with E-state index in [4.69, 9.17) is 11.6 Å². The van der Waals surface area contributed by atoms with Crippen molar-refractivity contribution in [1.29, 1.82) is 0 Å². The van der Waals surface area contributed by atoms with Crippen LogP contribution in [0.3, 0.4) is 0 Å². The first kappa shape index (κ1) is 26.4. The number of rotatable bonds is 6. The molecule has 0 aliphatic carbocycles. The van der Waals surface area contributed by atoms with Crippen LogP contribution in [0.15, 0.2) is 60.0 Å². The lowest BCUT2D eigenvalue weighted by Crippen LogP contribution is -2.49.